The maximum absolute atomic E-state index is 13.3. The Morgan fingerprint density at radius 1 is 0.882 bits per heavy atom. The van der Waals surface area contributed by atoms with Gasteiger partial charge in [-0.3, -0.25) is 9.10 Å². The van der Waals surface area contributed by atoms with Gasteiger partial charge in [-0.25, -0.2) is 8.42 Å². The first kappa shape index (κ1) is 26.7. The van der Waals surface area contributed by atoms with Crippen molar-refractivity contribution in [2.24, 2.45) is 0 Å². The number of hydrogen-bond donors (Lipinski definition) is 1. The smallest absolute Gasteiger partial charge is 0.264 e. The molecular formula is C24H23Cl3N2O3S2. The summed E-state index contributed by atoms with van der Waals surface area (Å²) in [6.07, 6.45) is 0.755. The van der Waals surface area contributed by atoms with E-state index in [0.29, 0.717) is 27.3 Å². The number of sulfonamides is 1. The molecular weight excluding hydrogens is 535 g/mol. The molecule has 0 aliphatic rings. The number of benzene rings is 3. The van der Waals surface area contributed by atoms with Gasteiger partial charge in [0.15, 0.2) is 0 Å². The number of nitrogens with zero attached hydrogens (tertiary/aromatic N) is 1. The summed E-state index contributed by atoms with van der Waals surface area (Å²) in [5.41, 5.74) is 1.49. The molecule has 180 valence electrons. The number of rotatable bonds is 11. The summed E-state index contributed by atoms with van der Waals surface area (Å²) in [5.74, 6) is 1.30. The van der Waals surface area contributed by atoms with Crippen LogP contribution in [0.4, 0.5) is 5.69 Å². The zero-order valence-electron chi connectivity index (χ0n) is 18.1. The van der Waals surface area contributed by atoms with Crippen LogP contribution < -0.4 is 9.62 Å². The molecule has 3 aromatic carbocycles. The number of nitrogens with one attached hydrogen (secondary N) is 1. The summed E-state index contributed by atoms with van der Waals surface area (Å²) in [5, 5.41) is 4.30. The minimum absolute atomic E-state index is 0.0308. The molecule has 3 rings (SSSR count). The van der Waals surface area contributed by atoms with Crippen molar-refractivity contribution in [2.75, 3.05) is 23.1 Å². The summed E-state index contributed by atoms with van der Waals surface area (Å²) in [6.45, 7) is 0.0695. The topological polar surface area (TPSA) is 66.5 Å². The van der Waals surface area contributed by atoms with E-state index in [1.807, 2.05) is 24.3 Å². The Morgan fingerprint density at radius 3 is 2.18 bits per heavy atom. The van der Waals surface area contributed by atoms with E-state index in [-0.39, 0.29) is 11.4 Å². The van der Waals surface area contributed by atoms with Crippen LogP contribution in [0.2, 0.25) is 15.1 Å². The van der Waals surface area contributed by atoms with Gasteiger partial charge < -0.3 is 5.32 Å². The quantitative estimate of drug-likeness (QED) is 0.282. The molecule has 0 saturated heterocycles. The third-order valence-electron chi connectivity index (χ3n) is 4.75. The average molecular weight is 558 g/mol. The molecule has 34 heavy (non-hydrogen) atoms. The Labute approximate surface area is 219 Å². The average Bonchev–Trinajstić information content (AvgIpc) is 2.81. The fourth-order valence-corrected chi connectivity index (χ4v) is 5.81. The zero-order chi connectivity index (χ0) is 24.6. The molecule has 0 radical (unpaired) electrons. The highest BCUT2D eigenvalue weighted by Gasteiger charge is 2.27. The van der Waals surface area contributed by atoms with E-state index in [0.717, 1.165) is 22.2 Å². The van der Waals surface area contributed by atoms with Crippen LogP contribution in [0.25, 0.3) is 0 Å². The largest absolute Gasteiger partial charge is 0.354 e. The minimum atomic E-state index is -4.01. The summed E-state index contributed by atoms with van der Waals surface area (Å²) >= 11 is 19.6. The van der Waals surface area contributed by atoms with Gasteiger partial charge in [0.2, 0.25) is 5.91 Å². The van der Waals surface area contributed by atoms with E-state index in [9.17, 15) is 13.2 Å². The molecule has 0 bridgehead atoms. The second-order valence-electron chi connectivity index (χ2n) is 7.33. The molecule has 10 heteroatoms. The Morgan fingerprint density at radius 2 is 1.53 bits per heavy atom. The van der Waals surface area contributed by atoms with Crippen LogP contribution in [0.5, 0.6) is 0 Å². The molecule has 0 heterocycles. The van der Waals surface area contributed by atoms with E-state index in [1.54, 1.807) is 30.0 Å². The lowest BCUT2D eigenvalue weighted by Gasteiger charge is -2.24. The number of anilines is 1. The molecule has 0 unspecified atom stereocenters. The summed E-state index contributed by atoms with van der Waals surface area (Å²) in [4.78, 5) is 12.7. The third-order valence-corrected chi connectivity index (χ3v) is 8.40. The fraction of sp³-hybridized carbons (Fsp3) is 0.208. The number of thioether (sulfide) groups is 1. The normalized spacial score (nSPS) is 11.3. The first-order chi connectivity index (χ1) is 16.3. The van der Waals surface area contributed by atoms with Gasteiger partial charge in [0.1, 0.15) is 6.54 Å². The van der Waals surface area contributed by atoms with Gasteiger partial charge in [-0.2, -0.15) is 11.8 Å². The summed E-state index contributed by atoms with van der Waals surface area (Å²) in [7, 11) is -4.01. The van der Waals surface area contributed by atoms with Gasteiger partial charge in [-0.05, 0) is 72.3 Å². The monoisotopic (exact) mass is 556 g/mol. The van der Waals surface area contributed by atoms with Crippen LogP contribution in [0, 0.1) is 0 Å². The molecule has 0 atom stereocenters. The van der Waals surface area contributed by atoms with Crippen LogP contribution in [-0.4, -0.2) is 33.2 Å². The first-order valence-corrected chi connectivity index (χ1v) is 14.1. The highest BCUT2D eigenvalue weighted by molar-refractivity contribution is 7.98. The molecule has 0 aliphatic heterocycles. The Hall–Kier alpha value is -1.90. The number of carbonyl (C=O) groups is 1. The van der Waals surface area contributed by atoms with Crippen LogP contribution in [0.1, 0.15) is 12.0 Å². The molecule has 1 amide bonds. The van der Waals surface area contributed by atoms with Crippen LogP contribution in [0.3, 0.4) is 0 Å². The predicted octanol–water partition coefficient (Wildman–Crippen LogP) is 6.28. The van der Waals surface area contributed by atoms with Gasteiger partial charge in [-0.15, -0.1) is 0 Å². The highest BCUT2D eigenvalue weighted by atomic mass is 35.5. The van der Waals surface area contributed by atoms with E-state index in [2.05, 4.69) is 5.32 Å². The van der Waals surface area contributed by atoms with E-state index >= 15 is 0 Å². The van der Waals surface area contributed by atoms with Crippen molar-refractivity contribution in [1.82, 2.24) is 5.32 Å². The second kappa shape index (κ2) is 12.7. The minimum Gasteiger partial charge on any atom is -0.354 e. The summed E-state index contributed by atoms with van der Waals surface area (Å²) < 4.78 is 27.7. The highest BCUT2D eigenvalue weighted by Crippen LogP contribution is 2.26. The molecule has 0 fully saturated rings. The van der Waals surface area contributed by atoms with Crippen LogP contribution in [-0.2, 0) is 20.6 Å². The Bertz CT molecular complexity index is 1200. The Kier molecular flexibility index (Phi) is 9.97. The molecule has 1 N–H and O–H groups in total. The van der Waals surface area contributed by atoms with Crippen LogP contribution >= 0.6 is 46.6 Å². The predicted molar refractivity (Wildman–Crippen MR) is 143 cm³/mol. The van der Waals surface area contributed by atoms with Crippen molar-refractivity contribution in [1.29, 1.82) is 0 Å². The number of carbonyl (C=O) groups excluding carboxylic acids is 1. The molecule has 0 spiro atoms. The molecule has 0 saturated carbocycles. The van der Waals surface area contributed by atoms with Crippen molar-refractivity contribution in [2.45, 2.75) is 17.1 Å². The lowest BCUT2D eigenvalue weighted by molar-refractivity contribution is -0.119. The number of halogens is 3. The van der Waals surface area contributed by atoms with E-state index in [1.165, 1.54) is 35.9 Å². The maximum Gasteiger partial charge on any atom is 0.264 e. The van der Waals surface area contributed by atoms with Crippen molar-refractivity contribution < 1.29 is 13.2 Å². The van der Waals surface area contributed by atoms with Gasteiger partial charge in [0, 0.05) is 27.4 Å². The van der Waals surface area contributed by atoms with E-state index < -0.39 is 15.9 Å². The lowest BCUT2D eigenvalue weighted by Crippen LogP contribution is -2.41. The Balaban J connectivity index is 1.58. The van der Waals surface area contributed by atoms with Crippen molar-refractivity contribution in [3.63, 3.8) is 0 Å². The van der Waals surface area contributed by atoms with Crippen molar-refractivity contribution in [3.05, 3.63) is 93.4 Å². The van der Waals surface area contributed by atoms with Gasteiger partial charge in [0.25, 0.3) is 10.0 Å². The van der Waals surface area contributed by atoms with E-state index in [4.69, 9.17) is 34.8 Å². The molecule has 0 aromatic heterocycles. The first-order valence-electron chi connectivity index (χ1n) is 10.4. The third kappa shape index (κ3) is 7.82. The summed E-state index contributed by atoms with van der Waals surface area (Å²) in [6, 6.07) is 19.9. The van der Waals surface area contributed by atoms with Gasteiger partial charge in [-0.1, -0.05) is 53.0 Å². The van der Waals surface area contributed by atoms with Gasteiger partial charge >= 0.3 is 0 Å². The second-order valence-corrected chi connectivity index (χ2v) is 11.6. The maximum atomic E-state index is 13.3. The molecule has 0 aliphatic carbocycles. The SMILES string of the molecule is O=C(CN(c1cccc(Cl)c1)S(=O)(=O)c1ccc(Cl)cc1)NCCCSCc1ccc(Cl)cc1. The number of amides is 1. The molecule has 3 aromatic rings. The standard InChI is InChI=1S/C24H23Cl3N2O3S2/c25-19-7-5-18(6-8-19)17-33-14-2-13-28-24(30)16-29(22-4-1-3-21(27)15-22)34(31,32)23-11-9-20(26)10-12-23/h1,3-12,15H,2,13-14,16-17H2,(H,28,30). The van der Waals surface area contributed by atoms with Crippen molar-refractivity contribution in [3.8, 4) is 0 Å². The fourth-order valence-electron chi connectivity index (χ4n) is 3.04. The molecule has 5 nitrogen and oxygen atoms in total. The van der Waals surface area contributed by atoms with Crippen molar-refractivity contribution >= 4 is 68.2 Å². The number of hydrogen-bond acceptors (Lipinski definition) is 4. The van der Waals surface area contributed by atoms with Gasteiger partial charge in [0.05, 0.1) is 10.6 Å². The lowest BCUT2D eigenvalue weighted by atomic mass is 10.2. The van der Waals surface area contributed by atoms with Crippen LogP contribution in [0.15, 0.2) is 77.7 Å². The zero-order valence-corrected chi connectivity index (χ0v) is 22.0.